The summed E-state index contributed by atoms with van der Waals surface area (Å²) in [7, 11) is -2.55. The molecule has 0 spiro atoms. The van der Waals surface area contributed by atoms with E-state index >= 15 is 0 Å². The minimum Gasteiger partial charge on any atom is -0.486 e. The monoisotopic (exact) mass is 768 g/mol. The topological polar surface area (TPSA) is 108 Å². The van der Waals surface area contributed by atoms with E-state index in [1.165, 1.54) is 24.4 Å². The van der Waals surface area contributed by atoms with E-state index in [4.69, 9.17) is 14.6 Å². The Morgan fingerprint density at radius 3 is 1.40 bits per heavy atom. The predicted octanol–water partition coefficient (Wildman–Crippen LogP) is 8.77. The van der Waals surface area contributed by atoms with Crippen molar-refractivity contribution < 1.29 is 31.5 Å². The van der Waals surface area contributed by atoms with Crippen LogP contribution in [0, 0.1) is 11.6 Å². The number of nitrogens with two attached hydrogens (primary N) is 1. The molecule has 1 unspecified atom stereocenters. The number of carbonyl (C=O) groups excluding carboxylic acids is 1. The summed E-state index contributed by atoms with van der Waals surface area (Å²) in [5, 5.41) is 5.04. The van der Waals surface area contributed by atoms with E-state index in [1.54, 1.807) is 12.1 Å². The molecule has 7 nitrogen and oxygen atoms in total. The Hall–Kier alpha value is -3.36. The first-order chi connectivity index (χ1) is 22.1. The lowest BCUT2D eigenvalue weighted by atomic mass is 10.2. The van der Waals surface area contributed by atoms with Crippen molar-refractivity contribution in [1.29, 1.82) is 0 Å². The summed E-state index contributed by atoms with van der Waals surface area (Å²) in [6.45, 7) is 11.6. The maximum Gasteiger partial charge on any atom is 0.165 e. The zero-order valence-corrected chi connectivity index (χ0v) is 32.1. The van der Waals surface area contributed by atoms with Gasteiger partial charge in [0.05, 0.1) is 20.5 Å². The molecule has 0 aliphatic heterocycles. The molecule has 0 aliphatic rings. The van der Waals surface area contributed by atoms with Crippen molar-refractivity contribution in [3.63, 3.8) is 0 Å². The summed E-state index contributed by atoms with van der Waals surface area (Å²) in [5.74, 6) is -0.653. The average Bonchev–Trinajstić information content (AvgIpc) is 3.03. The SMILES string of the molecule is C.CC(C)(C)S(N)=O.CC(C)(C)[S@](=O)N=Cc1ccc(OCc2ccccc2)c(F)c1.O=Cc1ccc(OCc2ccccc2)c(F)c1.S.S. The van der Waals surface area contributed by atoms with Crippen LogP contribution < -0.4 is 14.6 Å². The lowest BCUT2D eigenvalue weighted by Gasteiger charge is -2.12. The van der Waals surface area contributed by atoms with Gasteiger partial charge in [-0.1, -0.05) is 68.1 Å². The molecule has 4 aromatic rings. The third-order valence-corrected chi connectivity index (χ3v) is 8.50. The second-order valence-corrected chi connectivity index (χ2v) is 15.8. The second kappa shape index (κ2) is 23.9. The first kappa shape index (κ1) is 48.8. The van der Waals surface area contributed by atoms with Crippen LogP contribution in [0.25, 0.3) is 0 Å². The van der Waals surface area contributed by atoms with E-state index in [0.29, 0.717) is 30.6 Å². The summed E-state index contributed by atoms with van der Waals surface area (Å²) in [5.41, 5.74) is 2.78. The van der Waals surface area contributed by atoms with Gasteiger partial charge in [0.15, 0.2) is 23.1 Å². The third-order valence-electron chi connectivity index (χ3n) is 5.95. The summed E-state index contributed by atoms with van der Waals surface area (Å²) in [4.78, 5) is 10.4. The number of hydrogen-bond donors (Lipinski definition) is 1. The molecule has 0 aliphatic carbocycles. The number of ether oxygens (including phenoxy) is 2. The minimum atomic E-state index is -1.36. The minimum absolute atomic E-state index is 0. The van der Waals surface area contributed by atoms with Crippen LogP contribution >= 0.6 is 27.0 Å². The summed E-state index contributed by atoms with van der Waals surface area (Å²) >= 11 is 0. The molecule has 0 saturated heterocycles. The number of carbonyl (C=O) groups is 1. The Kier molecular flexibility index (Phi) is 23.3. The number of aldehydes is 1. The summed E-state index contributed by atoms with van der Waals surface area (Å²) in [6.07, 6.45) is 2.02. The highest BCUT2D eigenvalue weighted by Gasteiger charge is 2.18. The number of benzene rings is 4. The van der Waals surface area contributed by atoms with Crippen molar-refractivity contribution in [3.05, 3.63) is 131 Å². The van der Waals surface area contributed by atoms with E-state index in [9.17, 15) is 22.0 Å². The standard InChI is InChI=1S/C18H20FNO2S.C14H11FO2.C4H11NOS.CH4.2H2S/c1-18(2,3)23(21)20-12-15-9-10-17(16(19)11-15)22-13-14-7-5-4-6-8-14;15-13-8-12(9-16)6-7-14(13)17-10-11-4-2-1-3-5-11;1-4(2,3)7(5)6;;;/h4-12H,13H2,1-3H3;1-9H,10H2;5H2,1-3H3;1H4;2*1H2/t23-;;;;;/m0...../s1. The molecule has 276 valence electrons. The predicted molar refractivity (Wildman–Crippen MR) is 215 cm³/mol. The van der Waals surface area contributed by atoms with Crippen LogP contribution in [0.4, 0.5) is 8.78 Å². The van der Waals surface area contributed by atoms with Gasteiger partial charge in [-0.05, 0) is 94.6 Å². The van der Waals surface area contributed by atoms with Gasteiger partial charge in [-0.2, -0.15) is 31.4 Å². The van der Waals surface area contributed by atoms with Crippen molar-refractivity contribution in [3.8, 4) is 11.5 Å². The molecule has 2 atom stereocenters. The zero-order valence-electron chi connectivity index (χ0n) is 28.4. The Morgan fingerprint density at radius 2 is 1.06 bits per heavy atom. The van der Waals surface area contributed by atoms with Gasteiger partial charge in [-0.25, -0.2) is 17.2 Å². The maximum atomic E-state index is 14.0. The lowest BCUT2D eigenvalue weighted by Crippen LogP contribution is -2.27. The largest absolute Gasteiger partial charge is 0.486 e. The van der Waals surface area contributed by atoms with Crippen molar-refractivity contribution in [2.24, 2.45) is 9.54 Å². The normalized spacial score (nSPS) is 11.8. The molecule has 0 saturated carbocycles. The third kappa shape index (κ3) is 18.6. The van der Waals surface area contributed by atoms with Gasteiger partial charge in [-0.15, -0.1) is 0 Å². The molecule has 0 bridgehead atoms. The highest BCUT2D eigenvalue weighted by molar-refractivity contribution is 7.85. The van der Waals surface area contributed by atoms with Gasteiger partial charge in [0.2, 0.25) is 0 Å². The molecule has 0 aromatic heterocycles. The molecular formula is C37H50F2N2O5S4. The van der Waals surface area contributed by atoms with E-state index in [-0.39, 0.29) is 50.7 Å². The van der Waals surface area contributed by atoms with Crippen LogP contribution in [-0.2, 0) is 35.2 Å². The van der Waals surface area contributed by atoms with E-state index in [2.05, 4.69) is 4.40 Å². The molecular weight excluding hydrogens is 719 g/mol. The molecule has 0 heterocycles. The van der Waals surface area contributed by atoms with Gasteiger partial charge in [0, 0.05) is 11.8 Å². The Morgan fingerprint density at radius 1 is 0.680 bits per heavy atom. The van der Waals surface area contributed by atoms with Gasteiger partial charge < -0.3 is 9.47 Å². The van der Waals surface area contributed by atoms with Crippen LogP contribution in [-0.4, -0.2) is 30.4 Å². The second-order valence-electron chi connectivity index (χ2n) is 12.1. The lowest BCUT2D eigenvalue weighted by molar-refractivity contribution is 0.112. The summed E-state index contributed by atoms with van der Waals surface area (Å²) < 4.78 is 63.8. The summed E-state index contributed by atoms with van der Waals surface area (Å²) in [6, 6.07) is 27.8. The molecule has 4 rings (SSSR count). The van der Waals surface area contributed by atoms with Gasteiger partial charge in [0.1, 0.15) is 30.5 Å². The number of hydrogen-bond acceptors (Lipinski definition) is 5. The zero-order chi connectivity index (χ0) is 35.0. The number of nitrogens with zero attached hydrogens (tertiary/aromatic N) is 1. The van der Waals surface area contributed by atoms with Crippen LogP contribution in [0.1, 0.15) is 76.0 Å². The Balaban J connectivity index is 0. The Labute approximate surface area is 315 Å². The van der Waals surface area contributed by atoms with Crippen molar-refractivity contribution in [1.82, 2.24) is 0 Å². The van der Waals surface area contributed by atoms with Gasteiger partial charge in [-0.3, -0.25) is 9.93 Å². The highest BCUT2D eigenvalue weighted by Crippen LogP contribution is 2.21. The highest BCUT2D eigenvalue weighted by atomic mass is 32.2. The van der Waals surface area contributed by atoms with Crippen molar-refractivity contribution >= 4 is 61.5 Å². The first-order valence-corrected chi connectivity index (χ1v) is 16.9. The number of halogens is 2. The van der Waals surface area contributed by atoms with Crippen LogP contribution in [0.5, 0.6) is 11.5 Å². The number of rotatable bonds is 9. The first-order valence-electron chi connectivity index (χ1n) is 14.6. The fraction of sp³-hybridized carbons (Fsp3) is 0.297. The van der Waals surface area contributed by atoms with E-state index in [0.717, 1.165) is 17.2 Å². The van der Waals surface area contributed by atoms with E-state index in [1.807, 2.05) is 102 Å². The van der Waals surface area contributed by atoms with Crippen LogP contribution in [0.2, 0.25) is 0 Å². The average molecular weight is 769 g/mol. The molecule has 0 amide bonds. The van der Waals surface area contributed by atoms with E-state index < -0.39 is 38.4 Å². The molecule has 2 N–H and O–H groups in total. The molecule has 50 heavy (non-hydrogen) atoms. The molecule has 13 heteroatoms. The molecule has 0 radical (unpaired) electrons. The van der Waals surface area contributed by atoms with Gasteiger partial charge >= 0.3 is 0 Å². The molecule has 4 aromatic carbocycles. The van der Waals surface area contributed by atoms with Crippen molar-refractivity contribution in [2.45, 2.75) is 71.7 Å². The quantitative estimate of drug-likeness (QED) is 0.135. The molecule has 0 fully saturated rings. The van der Waals surface area contributed by atoms with Crippen molar-refractivity contribution in [2.75, 3.05) is 0 Å². The van der Waals surface area contributed by atoms with Crippen LogP contribution in [0.3, 0.4) is 0 Å². The fourth-order valence-corrected chi connectivity index (χ4v) is 3.69. The smallest absolute Gasteiger partial charge is 0.165 e. The van der Waals surface area contributed by atoms with Gasteiger partial charge in [0.25, 0.3) is 0 Å². The fourth-order valence-electron chi connectivity index (χ4n) is 3.16. The Bertz CT molecular complexity index is 1650. The maximum absolute atomic E-state index is 14.0. The van der Waals surface area contributed by atoms with Crippen LogP contribution in [0.15, 0.2) is 101 Å².